The lowest BCUT2D eigenvalue weighted by Crippen LogP contribution is -2.15. The number of benzene rings is 3. The Bertz CT molecular complexity index is 1060. The van der Waals surface area contributed by atoms with Crippen molar-refractivity contribution in [2.75, 3.05) is 18.2 Å². The van der Waals surface area contributed by atoms with E-state index < -0.39 is 9.84 Å². The molecule has 140 valence electrons. The van der Waals surface area contributed by atoms with Gasteiger partial charge in [-0.2, -0.15) is 0 Å². The zero-order valence-electron chi connectivity index (χ0n) is 15.0. The lowest BCUT2D eigenvalue weighted by molar-refractivity contribution is -0.116. The molecule has 0 bridgehead atoms. The number of sulfone groups is 1. The molecule has 3 aromatic carbocycles. The van der Waals surface area contributed by atoms with E-state index in [1.54, 1.807) is 18.2 Å². The molecular formula is C21H21NO4S. The lowest BCUT2D eigenvalue weighted by Gasteiger charge is -2.11. The average molecular weight is 383 g/mol. The molecule has 0 spiro atoms. The molecule has 0 unspecified atom stereocenters. The van der Waals surface area contributed by atoms with Crippen LogP contribution in [-0.2, 0) is 14.6 Å². The van der Waals surface area contributed by atoms with Crippen LogP contribution in [0.5, 0.6) is 5.75 Å². The molecule has 3 aromatic rings. The van der Waals surface area contributed by atoms with Crippen molar-refractivity contribution in [1.82, 2.24) is 0 Å². The van der Waals surface area contributed by atoms with Crippen molar-refractivity contribution in [1.29, 1.82) is 0 Å². The van der Waals surface area contributed by atoms with Gasteiger partial charge in [0.15, 0.2) is 9.84 Å². The van der Waals surface area contributed by atoms with Gasteiger partial charge in [-0.15, -0.1) is 0 Å². The minimum Gasteiger partial charge on any atom is -0.493 e. The third-order valence-corrected chi connectivity index (χ3v) is 5.27. The summed E-state index contributed by atoms with van der Waals surface area (Å²) in [6.07, 6.45) is 1.88. The van der Waals surface area contributed by atoms with Crippen molar-refractivity contribution < 1.29 is 17.9 Å². The highest BCUT2D eigenvalue weighted by Crippen LogP contribution is 2.25. The predicted molar refractivity (Wildman–Crippen MR) is 107 cm³/mol. The summed E-state index contributed by atoms with van der Waals surface area (Å²) in [5.41, 5.74) is 0.306. The van der Waals surface area contributed by atoms with Crippen LogP contribution in [0.25, 0.3) is 10.8 Å². The number of hydrogen-bond acceptors (Lipinski definition) is 4. The van der Waals surface area contributed by atoms with E-state index in [1.807, 2.05) is 42.5 Å². The maximum Gasteiger partial charge on any atom is 0.224 e. The van der Waals surface area contributed by atoms with Gasteiger partial charge in [0.05, 0.1) is 17.2 Å². The van der Waals surface area contributed by atoms with Gasteiger partial charge in [0, 0.05) is 18.1 Å². The fraction of sp³-hybridized carbons (Fsp3) is 0.190. The van der Waals surface area contributed by atoms with Gasteiger partial charge >= 0.3 is 0 Å². The van der Waals surface area contributed by atoms with E-state index >= 15 is 0 Å². The number of anilines is 1. The number of fused-ring (bicyclic) bond motifs is 1. The second-order valence-electron chi connectivity index (χ2n) is 6.25. The normalized spacial score (nSPS) is 11.3. The molecule has 0 saturated heterocycles. The van der Waals surface area contributed by atoms with Gasteiger partial charge in [-0.1, -0.05) is 48.5 Å². The van der Waals surface area contributed by atoms with Crippen LogP contribution >= 0.6 is 0 Å². The van der Waals surface area contributed by atoms with E-state index in [-0.39, 0.29) is 17.2 Å². The van der Waals surface area contributed by atoms with Crippen LogP contribution in [0.3, 0.4) is 0 Å². The Morgan fingerprint density at radius 2 is 1.67 bits per heavy atom. The quantitative estimate of drug-likeness (QED) is 0.625. The summed E-state index contributed by atoms with van der Waals surface area (Å²) in [4.78, 5) is 12.3. The molecule has 5 nitrogen and oxygen atoms in total. The molecule has 0 heterocycles. The van der Waals surface area contributed by atoms with Gasteiger partial charge in [-0.25, -0.2) is 8.42 Å². The molecule has 6 heteroatoms. The van der Waals surface area contributed by atoms with Crippen LogP contribution < -0.4 is 10.1 Å². The van der Waals surface area contributed by atoms with Crippen molar-refractivity contribution in [3.8, 4) is 5.75 Å². The Morgan fingerprint density at radius 1 is 0.963 bits per heavy atom. The van der Waals surface area contributed by atoms with Crippen LogP contribution in [0.1, 0.15) is 12.8 Å². The number of amides is 1. The first kappa shape index (κ1) is 18.9. The maximum absolute atomic E-state index is 12.2. The summed E-state index contributed by atoms with van der Waals surface area (Å²) >= 11 is 0. The number of ether oxygens (including phenoxy) is 1. The monoisotopic (exact) mass is 383 g/mol. The number of rotatable bonds is 7. The fourth-order valence-corrected chi connectivity index (χ4v) is 3.69. The van der Waals surface area contributed by atoms with E-state index in [9.17, 15) is 13.2 Å². The Kier molecular flexibility index (Phi) is 5.76. The topological polar surface area (TPSA) is 72.5 Å². The van der Waals surface area contributed by atoms with Crippen LogP contribution in [-0.4, -0.2) is 27.2 Å². The molecule has 3 rings (SSSR count). The van der Waals surface area contributed by atoms with E-state index in [4.69, 9.17) is 4.74 Å². The van der Waals surface area contributed by atoms with Gasteiger partial charge in [0.2, 0.25) is 5.91 Å². The summed E-state index contributed by atoms with van der Waals surface area (Å²) in [6.45, 7) is 0.398. The van der Waals surface area contributed by atoms with Crippen molar-refractivity contribution >= 4 is 32.2 Å². The zero-order chi connectivity index (χ0) is 19.3. The summed E-state index contributed by atoms with van der Waals surface area (Å²) in [5.74, 6) is 0.545. The van der Waals surface area contributed by atoms with Crippen LogP contribution in [0.15, 0.2) is 71.6 Å². The van der Waals surface area contributed by atoms with Gasteiger partial charge in [-0.3, -0.25) is 4.79 Å². The standard InChI is InChI=1S/C21H21NO4S/c1-27(24,25)20-13-5-4-11-18(20)22-21(23)14-7-15-26-19-12-6-9-16-8-2-3-10-17(16)19/h2-6,8-13H,7,14-15H2,1H3,(H,22,23). The molecule has 27 heavy (non-hydrogen) atoms. The molecule has 0 aliphatic heterocycles. The minimum atomic E-state index is -3.40. The second kappa shape index (κ2) is 8.22. The minimum absolute atomic E-state index is 0.116. The second-order valence-corrected chi connectivity index (χ2v) is 8.23. The summed E-state index contributed by atoms with van der Waals surface area (Å²) in [5, 5.41) is 4.81. The summed E-state index contributed by atoms with van der Waals surface area (Å²) < 4.78 is 29.4. The van der Waals surface area contributed by atoms with Crippen molar-refractivity contribution in [3.05, 3.63) is 66.7 Å². The van der Waals surface area contributed by atoms with E-state index in [0.29, 0.717) is 18.7 Å². The number of nitrogens with one attached hydrogen (secondary N) is 1. The van der Waals surface area contributed by atoms with Gasteiger partial charge in [-0.05, 0) is 30.0 Å². The molecule has 0 atom stereocenters. The number of carbonyl (C=O) groups excluding carboxylic acids is 1. The molecule has 0 aliphatic carbocycles. The lowest BCUT2D eigenvalue weighted by atomic mass is 10.1. The van der Waals surface area contributed by atoms with Crippen molar-refractivity contribution in [3.63, 3.8) is 0 Å². The first-order valence-corrected chi connectivity index (χ1v) is 10.5. The van der Waals surface area contributed by atoms with Crippen LogP contribution in [0, 0.1) is 0 Å². The molecule has 0 fully saturated rings. The molecule has 0 aromatic heterocycles. The van der Waals surface area contributed by atoms with Crippen molar-refractivity contribution in [2.45, 2.75) is 17.7 Å². The van der Waals surface area contributed by atoms with E-state index in [0.717, 1.165) is 22.8 Å². The summed E-state index contributed by atoms with van der Waals surface area (Å²) in [6, 6.07) is 20.2. The molecule has 0 saturated carbocycles. The van der Waals surface area contributed by atoms with Crippen LogP contribution in [0.2, 0.25) is 0 Å². The Labute approximate surface area is 158 Å². The maximum atomic E-state index is 12.2. The van der Waals surface area contributed by atoms with E-state index in [1.165, 1.54) is 6.07 Å². The zero-order valence-corrected chi connectivity index (χ0v) is 15.8. The Morgan fingerprint density at radius 3 is 2.48 bits per heavy atom. The molecule has 1 amide bonds. The molecule has 0 aliphatic rings. The third-order valence-electron chi connectivity index (χ3n) is 4.12. The highest BCUT2D eigenvalue weighted by atomic mass is 32.2. The SMILES string of the molecule is CS(=O)(=O)c1ccccc1NC(=O)CCCOc1cccc2ccccc12. The Hall–Kier alpha value is -2.86. The smallest absolute Gasteiger partial charge is 0.224 e. The first-order chi connectivity index (χ1) is 12.9. The van der Waals surface area contributed by atoms with Crippen molar-refractivity contribution in [2.24, 2.45) is 0 Å². The van der Waals surface area contributed by atoms with Gasteiger partial charge < -0.3 is 10.1 Å². The van der Waals surface area contributed by atoms with Gasteiger partial charge in [0.25, 0.3) is 0 Å². The highest BCUT2D eigenvalue weighted by Gasteiger charge is 2.14. The largest absolute Gasteiger partial charge is 0.493 e. The predicted octanol–water partition coefficient (Wildman–Crippen LogP) is 4.04. The highest BCUT2D eigenvalue weighted by molar-refractivity contribution is 7.90. The Balaban J connectivity index is 1.55. The molecular weight excluding hydrogens is 362 g/mol. The fourth-order valence-electron chi connectivity index (χ4n) is 2.84. The van der Waals surface area contributed by atoms with Crippen LogP contribution in [0.4, 0.5) is 5.69 Å². The summed E-state index contributed by atoms with van der Waals surface area (Å²) in [7, 11) is -3.40. The first-order valence-electron chi connectivity index (χ1n) is 8.64. The molecule has 0 radical (unpaired) electrons. The average Bonchev–Trinajstić information content (AvgIpc) is 2.65. The third kappa shape index (κ3) is 4.86. The van der Waals surface area contributed by atoms with E-state index in [2.05, 4.69) is 5.32 Å². The van der Waals surface area contributed by atoms with Gasteiger partial charge in [0.1, 0.15) is 5.75 Å². The number of para-hydroxylation sites is 1. The number of hydrogen-bond donors (Lipinski definition) is 1. The molecule has 1 N–H and O–H groups in total. The number of carbonyl (C=O) groups is 1.